The number of ether oxygens (including phenoxy) is 1. The Morgan fingerprint density at radius 1 is 1.04 bits per heavy atom. The van der Waals surface area contributed by atoms with E-state index in [-0.39, 0.29) is 17.2 Å². The molecule has 0 bridgehead atoms. The van der Waals surface area contributed by atoms with Gasteiger partial charge in [-0.25, -0.2) is 4.39 Å². The zero-order valence-corrected chi connectivity index (χ0v) is 14.5. The van der Waals surface area contributed by atoms with Crippen molar-refractivity contribution in [3.05, 3.63) is 65.5 Å². The summed E-state index contributed by atoms with van der Waals surface area (Å²) in [5.41, 5.74) is 0.310. The second kappa shape index (κ2) is 9.23. The summed E-state index contributed by atoms with van der Waals surface area (Å²) >= 11 is 0. The van der Waals surface area contributed by atoms with Crippen LogP contribution in [0.3, 0.4) is 0 Å². The first-order valence-corrected chi connectivity index (χ1v) is 7.96. The van der Waals surface area contributed by atoms with Crippen molar-refractivity contribution in [2.45, 2.75) is 6.92 Å². The summed E-state index contributed by atoms with van der Waals surface area (Å²) in [5.74, 6) is -3.26. The third-order valence-corrected chi connectivity index (χ3v) is 3.38. The maximum atomic E-state index is 13.9. The van der Waals surface area contributed by atoms with E-state index in [1.54, 1.807) is 30.3 Å². The van der Waals surface area contributed by atoms with Crippen molar-refractivity contribution in [2.24, 2.45) is 0 Å². The zero-order chi connectivity index (χ0) is 19.8. The Morgan fingerprint density at radius 2 is 1.74 bits per heavy atom. The van der Waals surface area contributed by atoms with E-state index in [9.17, 15) is 23.6 Å². The SMILES string of the molecule is CC(=O)Nc1ccc(C(=O)COC(=O)CNC(=O)c2ccccc2)c(F)c1. The van der Waals surface area contributed by atoms with E-state index in [0.29, 0.717) is 5.56 Å². The maximum Gasteiger partial charge on any atom is 0.325 e. The first kappa shape index (κ1) is 19.8. The summed E-state index contributed by atoms with van der Waals surface area (Å²) < 4.78 is 18.7. The van der Waals surface area contributed by atoms with Crippen molar-refractivity contribution in [1.29, 1.82) is 0 Å². The van der Waals surface area contributed by atoms with Crippen molar-refractivity contribution in [2.75, 3.05) is 18.5 Å². The van der Waals surface area contributed by atoms with Crippen molar-refractivity contribution in [3.8, 4) is 0 Å². The van der Waals surface area contributed by atoms with Crippen LogP contribution in [0.1, 0.15) is 27.6 Å². The smallest absolute Gasteiger partial charge is 0.325 e. The Balaban J connectivity index is 1.83. The monoisotopic (exact) mass is 372 g/mol. The second-order valence-corrected chi connectivity index (χ2v) is 5.51. The predicted octanol–water partition coefficient (Wildman–Crippen LogP) is 1.94. The molecule has 27 heavy (non-hydrogen) atoms. The van der Waals surface area contributed by atoms with Crippen LogP contribution in [0.2, 0.25) is 0 Å². The van der Waals surface area contributed by atoms with Crippen LogP contribution >= 0.6 is 0 Å². The highest BCUT2D eigenvalue weighted by molar-refractivity contribution is 5.99. The van der Waals surface area contributed by atoms with Crippen molar-refractivity contribution in [3.63, 3.8) is 0 Å². The number of amides is 2. The highest BCUT2D eigenvalue weighted by atomic mass is 19.1. The number of carbonyl (C=O) groups is 4. The van der Waals surface area contributed by atoms with Crippen LogP contribution in [0.25, 0.3) is 0 Å². The number of benzene rings is 2. The van der Waals surface area contributed by atoms with Crippen LogP contribution in [-0.4, -0.2) is 36.7 Å². The number of Topliss-reactive ketones (excluding diaryl/α,β-unsaturated/α-hetero) is 1. The van der Waals surface area contributed by atoms with Gasteiger partial charge in [-0.3, -0.25) is 19.2 Å². The van der Waals surface area contributed by atoms with E-state index in [2.05, 4.69) is 10.6 Å². The molecule has 0 aliphatic rings. The van der Waals surface area contributed by atoms with Crippen LogP contribution in [0.5, 0.6) is 0 Å². The number of rotatable bonds is 7. The van der Waals surface area contributed by atoms with E-state index < -0.39 is 36.6 Å². The summed E-state index contributed by atoms with van der Waals surface area (Å²) in [6, 6.07) is 11.8. The van der Waals surface area contributed by atoms with Gasteiger partial charge in [0.2, 0.25) is 11.7 Å². The molecule has 0 saturated carbocycles. The second-order valence-electron chi connectivity index (χ2n) is 5.51. The fourth-order valence-electron chi connectivity index (χ4n) is 2.14. The number of carbonyl (C=O) groups excluding carboxylic acids is 4. The zero-order valence-electron chi connectivity index (χ0n) is 14.5. The Labute approximate surface area is 154 Å². The van der Waals surface area contributed by atoms with Gasteiger partial charge in [-0.2, -0.15) is 0 Å². The first-order valence-electron chi connectivity index (χ1n) is 7.96. The predicted molar refractivity (Wildman–Crippen MR) is 94.8 cm³/mol. The molecule has 2 N–H and O–H groups in total. The van der Waals surface area contributed by atoms with E-state index in [0.717, 1.165) is 6.07 Å². The number of nitrogens with one attached hydrogen (secondary N) is 2. The van der Waals surface area contributed by atoms with Crippen molar-refractivity contribution >= 4 is 29.3 Å². The molecule has 2 aromatic carbocycles. The summed E-state index contributed by atoms with van der Waals surface area (Å²) in [6.07, 6.45) is 0. The average Bonchev–Trinajstić information content (AvgIpc) is 2.64. The molecule has 0 spiro atoms. The highest BCUT2D eigenvalue weighted by Gasteiger charge is 2.15. The maximum absolute atomic E-state index is 13.9. The number of ketones is 1. The lowest BCUT2D eigenvalue weighted by Crippen LogP contribution is -2.31. The first-order chi connectivity index (χ1) is 12.9. The van der Waals surface area contributed by atoms with Crippen LogP contribution in [0, 0.1) is 5.82 Å². The lowest BCUT2D eigenvalue weighted by Gasteiger charge is -2.08. The summed E-state index contributed by atoms with van der Waals surface area (Å²) in [5, 5.41) is 4.75. The molecule has 0 heterocycles. The van der Waals surface area contributed by atoms with Gasteiger partial charge in [0.1, 0.15) is 12.4 Å². The minimum Gasteiger partial charge on any atom is -0.456 e. The molecule has 7 nitrogen and oxygen atoms in total. The third-order valence-electron chi connectivity index (χ3n) is 3.38. The fourth-order valence-corrected chi connectivity index (χ4v) is 2.14. The normalized spacial score (nSPS) is 10.0. The molecule has 0 unspecified atom stereocenters. The largest absolute Gasteiger partial charge is 0.456 e. The molecule has 0 saturated heterocycles. The van der Waals surface area contributed by atoms with Crippen molar-refractivity contribution in [1.82, 2.24) is 5.32 Å². The van der Waals surface area contributed by atoms with Gasteiger partial charge in [-0.15, -0.1) is 0 Å². The number of halogens is 1. The molecule has 0 aliphatic heterocycles. The molecule has 2 amide bonds. The molecular weight excluding hydrogens is 355 g/mol. The average molecular weight is 372 g/mol. The Kier molecular flexibility index (Phi) is 6.76. The van der Waals surface area contributed by atoms with Gasteiger partial charge in [0, 0.05) is 18.2 Å². The van der Waals surface area contributed by atoms with Gasteiger partial charge in [-0.05, 0) is 30.3 Å². The van der Waals surface area contributed by atoms with Crippen LogP contribution in [0.4, 0.5) is 10.1 Å². The van der Waals surface area contributed by atoms with E-state index in [1.165, 1.54) is 19.1 Å². The molecule has 0 aliphatic carbocycles. The van der Waals surface area contributed by atoms with E-state index in [1.807, 2.05) is 0 Å². The van der Waals surface area contributed by atoms with Gasteiger partial charge < -0.3 is 15.4 Å². The molecule has 0 radical (unpaired) electrons. The van der Waals surface area contributed by atoms with Gasteiger partial charge in [0.05, 0.1) is 5.56 Å². The van der Waals surface area contributed by atoms with Gasteiger partial charge in [0.25, 0.3) is 5.91 Å². The molecule has 0 atom stereocenters. The molecule has 140 valence electrons. The highest BCUT2D eigenvalue weighted by Crippen LogP contribution is 2.15. The van der Waals surface area contributed by atoms with Crippen LogP contribution in [-0.2, 0) is 14.3 Å². The molecular formula is C19H17FN2O5. The van der Waals surface area contributed by atoms with E-state index in [4.69, 9.17) is 4.74 Å². The lowest BCUT2D eigenvalue weighted by atomic mass is 10.1. The number of hydrogen-bond acceptors (Lipinski definition) is 5. The van der Waals surface area contributed by atoms with Crippen LogP contribution in [0.15, 0.2) is 48.5 Å². The topological polar surface area (TPSA) is 102 Å². The van der Waals surface area contributed by atoms with Gasteiger partial charge in [-0.1, -0.05) is 18.2 Å². The molecule has 8 heteroatoms. The third kappa shape index (κ3) is 6.03. The number of hydrogen-bond donors (Lipinski definition) is 2. The fraction of sp³-hybridized carbons (Fsp3) is 0.158. The summed E-state index contributed by atoms with van der Waals surface area (Å²) in [6.45, 7) is 0.175. The minimum atomic E-state index is -0.848. The van der Waals surface area contributed by atoms with Gasteiger partial charge in [0.15, 0.2) is 6.61 Å². The molecule has 2 aromatic rings. The summed E-state index contributed by atoms with van der Waals surface area (Å²) in [7, 11) is 0. The standard InChI is InChI=1S/C19H17FN2O5/c1-12(23)22-14-7-8-15(16(20)9-14)17(24)11-27-18(25)10-21-19(26)13-5-3-2-4-6-13/h2-9H,10-11H2,1H3,(H,21,26)(H,22,23). The quantitative estimate of drug-likeness (QED) is 0.571. The number of esters is 1. The molecule has 0 aromatic heterocycles. The Bertz CT molecular complexity index is 868. The van der Waals surface area contributed by atoms with E-state index >= 15 is 0 Å². The lowest BCUT2D eigenvalue weighted by molar-refractivity contribution is -0.141. The van der Waals surface area contributed by atoms with Gasteiger partial charge >= 0.3 is 5.97 Å². The van der Waals surface area contributed by atoms with Crippen LogP contribution < -0.4 is 10.6 Å². The molecule has 2 rings (SSSR count). The minimum absolute atomic E-state index is 0.206. The Hall–Kier alpha value is -3.55. The summed E-state index contributed by atoms with van der Waals surface area (Å²) in [4.78, 5) is 46.3. The number of anilines is 1. The Morgan fingerprint density at radius 3 is 2.37 bits per heavy atom. The van der Waals surface area contributed by atoms with Crippen molar-refractivity contribution < 1.29 is 28.3 Å². The molecule has 0 fully saturated rings.